The van der Waals surface area contributed by atoms with Gasteiger partial charge in [-0.3, -0.25) is 10.1 Å². The summed E-state index contributed by atoms with van der Waals surface area (Å²) in [4.78, 5) is 10.9. The standard InChI is InChI=1S/C22H23NO5/c1-22(2)27-18-11-10-16-19(21(18)28-22)15-8-3-4-9-17(15)26-20(16)13-6-5-7-14(12-13)23(24)25/h5-7,10-12,15,17,20H,3-4,8-9H2,1-2H3. The van der Waals surface area contributed by atoms with Crippen molar-refractivity contribution >= 4 is 5.69 Å². The Kier molecular flexibility index (Phi) is 3.88. The minimum Gasteiger partial charge on any atom is -0.449 e. The third-order valence-corrected chi connectivity index (χ3v) is 5.95. The van der Waals surface area contributed by atoms with Gasteiger partial charge in [0.1, 0.15) is 6.10 Å². The van der Waals surface area contributed by atoms with E-state index < -0.39 is 5.79 Å². The fourth-order valence-corrected chi connectivity index (χ4v) is 4.82. The summed E-state index contributed by atoms with van der Waals surface area (Å²) in [5.41, 5.74) is 3.08. The lowest BCUT2D eigenvalue weighted by Crippen LogP contribution is -2.34. The number of hydrogen-bond acceptors (Lipinski definition) is 5. The Hall–Kier alpha value is -2.60. The fourth-order valence-electron chi connectivity index (χ4n) is 4.82. The predicted molar refractivity (Wildman–Crippen MR) is 103 cm³/mol. The first-order valence-electron chi connectivity index (χ1n) is 9.87. The fraction of sp³-hybridized carbons (Fsp3) is 0.455. The number of nitrogens with zero attached hydrogens (tertiary/aromatic N) is 1. The van der Waals surface area contributed by atoms with Crippen molar-refractivity contribution in [3.8, 4) is 11.5 Å². The molecule has 3 atom stereocenters. The highest BCUT2D eigenvalue weighted by Crippen LogP contribution is 2.55. The Morgan fingerprint density at radius 3 is 2.75 bits per heavy atom. The summed E-state index contributed by atoms with van der Waals surface area (Å²) >= 11 is 0. The van der Waals surface area contributed by atoms with Gasteiger partial charge >= 0.3 is 0 Å². The van der Waals surface area contributed by atoms with Gasteiger partial charge in [-0.15, -0.1) is 0 Å². The van der Waals surface area contributed by atoms with Gasteiger partial charge in [0.05, 0.1) is 11.0 Å². The Bertz CT molecular complexity index is 954. The Morgan fingerprint density at radius 2 is 1.93 bits per heavy atom. The van der Waals surface area contributed by atoms with E-state index >= 15 is 0 Å². The molecular formula is C22H23NO5. The summed E-state index contributed by atoms with van der Waals surface area (Å²) in [5.74, 6) is 1.16. The van der Waals surface area contributed by atoms with Crippen molar-refractivity contribution < 1.29 is 19.1 Å². The maximum absolute atomic E-state index is 11.3. The van der Waals surface area contributed by atoms with Gasteiger partial charge in [0, 0.05) is 37.5 Å². The number of nitro groups is 1. The molecule has 2 aliphatic heterocycles. The van der Waals surface area contributed by atoms with Crippen molar-refractivity contribution in [3.05, 3.63) is 63.2 Å². The number of ether oxygens (including phenoxy) is 3. The first-order valence-corrected chi connectivity index (χ1v) is 9.87. The molecule has 0 aromatic heterocycles. The molecule has 1 saturated carbocycles. The van der Waals surface area contributed by atoms with E-state index in [1.807, 2.05) is 32.0 Å². The maximum Gasteiger partial charge on any atom is 0.269 e. The molecule has 0 amide bonds. The zero-order valence-electron chi connectivity index (χ0n) is 16.0. The molecule has 0 N–H and O–H groups in total. The zero-order chi connectivity index (χ0) is 19.5. The summed E-state index contributed by atoms with van der Waals surface area (Å²) < 4.78 is 18.7. The van der Waals surface area contributed by atoms with Gasteiger partial charge < -0.3 is 14.2 Å². The predicted octanol–water partition coefficient (Wildman–Crippen LogP) is 5.25. The van der Waals surface area contributed by atoms with Crippen LogP contribution in [0.5, 0.6) is 11.5 Å². The van der Waals surface area contributed by atoms with Crippen molar-refractivity contribution in [2.75, 3.05) is 0 Å². The summed E-state index contributed by atoms with van der Waals surface area (Å²) in [6.07, 6.45) is 4.09. The van der Waals surface area contributed by atoms with E-state index in [1.165, 1.54) is 12.5 Å². The Balaban J connectivity index is 1.66. The number of rotatable bonds is 2. The van der Waals surface area contributed by atoms with Gasteiger partial charge in [0.2, 0.25) is 5.79 Å². The number of hydrogen-bond donors (Lipinski definition) is 0. The quantitative estimate of drug-likeness (QED) is 0.525. The molecule has 5 rings (SSSR count). The Morgan fingerprint density at radius 1 is 1.11 bits per heavy atom. The lowest BCUT2D eigenvalue weighted by Gasteiger charge is -2.41. The van der Waals surface area contributed by atoms with Crippen molar-refractivity contribution in [1.29, 1.82) is 0 Å². The molecule has 0 saturated heterocycles. The first kappa shape index (κ1) is 17.5. The van der Waals surface area contributed by atoms with Crippen molar-refractivity contribution in [2.45, 2.75) is 63.4 Å². The first-order chi connectivity index (χ1) is 13.4. The molecule has 6 nitrogen and oxygen atoms in total. The van der Waals surface area contributed by atoms with Gasteiger partial charge in [-0.1, -0.05) is 31.0 Å². The van der Waals surface area contributed by atoms with Crippen LogP contribution in [-0.2, 0) is 4.74 Å². The number of nitro benzene ring substituents is 1. The van der Waals surface area contributed by atoms with Crippen LogP contribution < -0.4 is 9.47 Å². The molecule has 146 valence electrons. The molecule has 0 bridgehead atoms. The Labute approximate surface area is 163 Å². The average Bonchev–Trinajstić information content (AvgIpc) is 3.01. The van der Waals surface area contributed by atoms with E-state index in [9.17, 15) is 10.1 Å². The van der Waals surface area contributed by atoms with Crippen LogP contribution in [0.2, 0.25) is 0 Å². The molecule has 2 aromatic rings. The van der Waals surface area contributed by atoms with Crippen molar-refractivity contribution in [3.63, 3.8) is 0 Å². The third-order valence-electron chi connectivity index (χ3n) is 5.95. The van der Waals surface area contributed by atoms with Gasteiger partial charge in [0.15, 0.2) is 11.5 Å². The van der Waals surface area contributed by atoms with E-state index in [0.717, 1.165) is 47.5 Å². The zero-order valence-corrected chi connectivity index (χ0v) is 16.0. The molecule has 1 fully saturated rings. The van der Waals surface area contributed by atoms with E-state index in [4.69, 9.17) is 14.2 Å². The normalized spacial score (nSPS) is 27.0. The second-order valence-corrected chi connectivity index (χ2v) is 8.30. The van der Waals surface area contributed by atoms with Crippen molar-refractivity contribution in [1.82, 2.24) is 0 Å². The summed E-state index contributed by atoms with van der Waals surface area (Å²) in [6, 6.07) is 10.7. The van der Waals surface area contributed by atoms with Gasteiger partial charge in [-0.2, -0.15) is 0 Å². The number of fused-ring (bicyclic) bond motifs is 5. The molecule has 2 heterocycles. The van der Waals surface area contributed by atoms with E-state index in [-0.39, 0.29) is 28.7 Å². The van der Waals surface area contributed by atoms with Crippen LogP contribution in [0.3, 0.4) is 0 Å². The van der Waals surface area contributed by atoms with E-state index in [2.05, 4.69) is 0 Å². The second kappa shape index (κ2) is 6.21. The lowest BCUT2D eigenvalue weighted by molar-refractivity contribution is -0.385. The smallest absolute Gasteiger partial charge is 0.269 e. The van der Waals surface area contributed by atoms with Crippen LogP contribution in [0.15, 0.2) is 36.4 Å². The molecule has 3 aliphatic rings. The highest BCUT2D eigenvalue weighted by molar-refractivity contribution is 5.58. The molecule has 28 heavy (non-hydrogen) atoms. The van der Waals surface area contributed by atoms with Crippen LogP contribution in [0, 0.1) is 10.1 Å². The summed E-state index contributed by atoms with van der Waals surface area (Å²) in [7, 11) is 0. The summed E-state index contributed by atoms with van der Waals surface area (Å²) in [5, 5.41) is 11.3. The summed E-state index contributed by atoms with van der Waals surface area (Å²) in [6.45, 7) is 3.82. The molecule has 3 unspecified atom stereocenters. The van der Waals surface area contributed by atoms with Crippen LogP contribution >= 0.6 is 0 Å². The molecule has 2 aromatic carbocycles. The van der Waals surface area contributed by atoms with E-state index in [1.54, 1.807) is 12.1 Å². The molecule has 6 heteroatoms. The second-order valence-electron chi connectivity index (χ2n) is 8.30. The lowest BCUT2D eigenvalue weighted by atomic mass is 9.75. The van der Waals surface area contributed by atoms with Gasteiger partial charge in [-0.25, -0.2) is 0 Å². The largest absolute Gasteiger partial charge is 0.449 e. The highest BCUT2D eigenvalue weighted by Gasteiger charge is 2.44. The monoisotopic (exact) mass is 381 g/mol. The molecule has 1 aliphatic carbocycles. The van der Waals surface area contributed by atoms with Crippen LogP contribution in [0.4, 0.5) is 5.69 Å². The molecule has 0 spiro atoms. The van der Waals surface area contributed by atoms with Crippen LogP contribution in [-0.4, -0.2) is 16.8 Å². The number of benzene rings is 2. The van der Waals surface area contributed by atoms with Crippen LogP contribution in [0.25, 0.3) is 0 Å². The van der Waals surface area contributed by atoms with Crippen molar-refractivity contribution in [2.24, 2.45) is 0 Å². The SMILES string of the molecule is CC1(C)Oc2ccc3c(c2O1)C1CCCCC1OC3c1cccc([N+](=O)[O-])c1. The van der Waals surface area contributed by atoms with Gasteiger partial charge in [0.25, 0.3) is 5.69 Å². The van der Waals surface area contributed by atoms with Gasteiger partial charge in [-0.05, 0) is 30.0 Å². The minimum atomic E-state index is -0.693. The molecule has 0 radical (unpaired) electrons. The topological polar surface area (TPSA) is 70.8 Å². The third kappa shape index (κ3) is 2.75. The average molecular weight is 381 g/mol. The maximum atomic E-state index is 11.3. The van der Waals surface area contributed by atoms with E-state index in [0.29, 0.717) is 0 Å². The molecular weight excluding hydrogens is 358 g/mol. The number of non-ortho nitro benzene ring substituents is 1. The minimum absolute atomic E-state index is 0.0790. The van der Waals surface area contributed by atoms with Crippen LogP contribution in [0.1, 0.15) is 68.2 Å². The highest BCUT2D eigenvalue weighted by atomic mass is 16.7.